The Labute approximate surface area is 236 Å². The minimum absolute atomic E-state index is 0.0350. The molecule has 1 amide bonds. The molecule has 4 rings (SSSR count). The van der Waals surface area contributed by atoms with Gasteiger partial charge < -0.3 is 20.2 Å². The molecule has 2 aliphatic heterocycles. The second-order valence-corrected chi connectivity index (χ2v) is 12.5. The molecule has 3 heterocycles. The number of carbonyl (C=O) groups is 1. The van der Waals surface area contributed by atoms with E-state index in [1.54, 1.807) is 28.9 Å². The molecule has 2 aliphatic rings. The number of hydrogen-bond donors (Lipinski definition) is 3. The lowest BCUT2D eigenvalue weighted by atomic mass is 10.0. The van der Waals surface area contributed by atoms with E-state index in [1.807, 2.05) is 0 Å². The second kappa shape index (κ2) is 12.2. The molecule has 9 nitrogen and oxygen atoms in total. The van der Waals surface area contributed by atoms with Crippen molar-refractivity contribution < 1.29 is 35.9 Å². The van der Waals surface area contributed by atoms with Gasteiger partial charge in [-0.15, -0.1) is 0 Å². The normalized spacial score (nSPS) is 18.2. The first-order valence-electron chi connectivity index (χ1n) is 13.3. The van der Waals surface area contributed by atoms with Crippen molar-refractivity contribution in [2.24, 2.45) is 0 Å². The number of carbonyl (C=O) groups excluding carboxylic acids is 1. The fraction of sp³-hybridized carbons (Fsp3) is 0.481. The summed E-state index contributed by atoms with van der Waals surface area (Å²) in [5.41, 5.74) is 1.44. The third-order valence-electron chi connectivity index (χ3n) is 7.28. The highest BCUT2D eigenvalue weighted by molar-refractivity contribution is 7.93. The summed E-state index contributed by atoms with van der Waals surface area (Å²) in [6.07, 6.45) is -2.14. The predicted molar refractivity (Wildman–Crippen MR) is 150 cm³/mol. The molecular weight excluding hydrogens is 566 g/mol. The SMILES string of the molecule is Cc1cc(NC(=O)c2ccc(NS(=O)(=O)[C@H](C)CO)cc2N2CCC(=C(F)F)CC2)nc(N2CCC(F)(F)CC2)c1. The Morgan fingerprint density at radius 3 is 2.34 bits per heavy atom. The van der Waals surface area contributed by atoms with Crippen LogP contribution in [0.2, 0.25) is 0 Å². The van der Waals surface area contributed by atoms with Crippen LogP contribution < -0.4 is 19.8 Å². The first-order valence-corrected chi connectivity index (χ1v) is 14.8. The molecule has 2 saturated heterocycles. The van der Waals surface area contributed by atoms with Crippen LogP contribution in [0.15, 0.2) is 42.0 Å². The number of aliphatic hydroxyl groups excluding tert-OH is 1. The van der Waals surface area contributed by atoms with E-state index in [0.29, 0.717) is 11.5 Å². The summed E-state index contributed by atoms with van der Waals surface area (Å²) in [7, 11) is -3.93. The predicted octanol–water partition coefficient (Wildman–Crippen LogP) is 4.75. The van der Waals surface area contributed by atoms with E-state index in [1.165, 1.54) is 25.1 Å². The summed E-state index contributed by atoms with van der Waals surface area (Å²) < 4.78 is 81.0. The standard InChI is InChI=1S/C27H33F4N5O4S/c1-17-13-23(32-24(14-17)36-11-7-27(30,31)8-12-36)33-26(38)21-4-3-20(34-41(39,40)18(2)16-37)15-22(21)35-9-5-19(6-10-35)25(28)29/h3-4,13-15,18,34,37H,5-12,16H2,1-2H3,(H,32,33,38)/t18-/m1/s1. The molecule has 1 aromatic carbocycles. The van der Waals surface area contributed by atoms with Crippen LogP contribution >= 0.6 is 0 Å². The van der Waals surface area contributed by atoms with Crippen molar-refractivity contribution in [1.29, 1.82) is 0 Å². The smallest absolute Gasteiger partial charge is 0.269 e. The van der Waals surface area contributed by atoms with Crippen molar-refractivity contribution >= 4 is 38.9 Å². The number of hydrogen-bond acceptors (Lipinski definition) is 7. The van der Waals surface area contributed by atoms with Crippen LogP contribution in [0.3, 0.4) is 0 Å². The van der Waals surface area contributed by atoms with Crippen molar-refractivity contribution in [3.63, 3.8) is 0 Å². The van der Waals surface area contributed by atoms with Crippen molar-refractivity contribution in [1.82, 2.24) is 4.98 Å². The van der Waals surface area contributed by atoms with Crippen LogP contribution in [0, 0.1) is 6.92 Å². The molecule has 0 unspecified atom stereocenters. The third-order valence-corrected chi connectivity index (χ3v) is 9.01. The zero-order valence-electron chi connectivity index (χ0n) is 22.8. The van der Waals surface area contributed by atoms with Gasteiger partial charge in [-0.25, -0.2) is 22.2 Å². The third kappa shape index (κ3) is 7.47. The monoisotopic (exact) mass is 599 g/mol. The van der Waals surface area contributed by atoms with E-state index < -0.39 is 39.8 Å². The average molecular weight is 600 g/mol. The van der Waals surface area contributed by atoms with E-state index in [4.69, 9.17) is 0 Å². The van der Waals surface area contributed by atoms with E-state index in [-0.39, 0.29) is 74.5 Å². The van der Waals surface area contributed by atoms with E-state index in [0.717, 1.165) is 5.56 Å². The molecule has 14 heteroatoms. The fourth-order valence-electron chi connectivity index (χ4n) is 4.74. The number of piperidine rings is 2. The molecule has 0 bridgehead atoms. The quantitative estimate of drug-likeness (QED) is 0.375. The van der Waals surface area contributed by atoms with Crippen LogP contribution in [0.1, 0.15) is 48.5 Å². The number of aryl methyl sites for hydroxylation is 1. The average Bonchev–Trinajstić information content (AvgIpc) is 2.92. The number of alkyl halides is 2. The topological polar surface area (TPSA) is 115 Å². The summed E-state index contributed by atoms with van der Waals surface area (Å²) >= 11 is 0. The second-order valence-electron chi connectivity index (χ2n) is 10.4. The Hall–Kier alpha value is -3.39. The van der Waals surface area contributed by atoms with E-state index >= 15 is 0 Å². The Morgan fingerprint density at radius 1 is 1.07 bits per heavy atom. The van der Waals surface area contributed by atoms with Gasteiger partial charge in [-0.3, -0.25) is 9.52 Å². The summed E-state index contributed by atoms with van der Waals surface area (Å²) in [4.78, 5) is 21.4. The number of halogens is 4. The number of sulfonamides is 1. The molecule has 0 saturated carbocycles. The van der Waals surface area contributed by atoms with Crippen LogP contribution in [-0.4, -0.2) is 68.4 Å². The van der Waals surface area contributed by atoms with Gasteiger partial charge in [0.1, 0.15) is 16.9 Å². The van der Waals surface area contributed by atoms with Gasteiger partial charge in [-0.05, 0) is 68.2 Å². The number of aliphatic hydroxyl groups is 1. The lowest BCUT2D eigenvalue weighted by Gasteiger charge is -2.33. The number of nitrogens with one attached hydrogen (secondary N) is 2. The van der Waals surface area contributed by atoms with Gasteiger partial charge in [0, 0.05) is 39.0 Å². The van der Waals surface area contributed by atoms with E-state index in [2.05, 4.69) is 15.0 Å². The molecule has 1 aromatic heterocycles. The zero-order chi connectivity index (χ0) is 29.9. The van der Waals surface area contributed by atoms with Gasteiger partial charge in [0.15, 0.2) is 0 Å². The summed E-state index contributed by atoms with van der Waals surface area (Å²) in [6.45, 7) is 3.15. The Morgan fingerprint density at radius 2 is 1.73 bits per heavy atom. The van der Waals surface area contributed by atoms with Crippen molar-refractivity contribution in [3.8, 4) is 0 Å². The van der Waals surface area contributed by atoms with Crippen LogP contribution in [0.5, 0.6) is 0 Å². The molecule has 0 radical (unpaired) electrons. The highest BCUT2D eigenvalue weighted by atomic mass is 32.2. The number of anilines is 4. The first-order chi connectivity index (χ1) is 19.3. The van der Waals surface area contributed by atoms with Gasteiger partial charge in [-0.2, -0.15) is 8.78 Å². The molecule has 0 aliphatic carbocycles. The highest BCUT2D eigenvalue weighted by Crippen LogP contribution is 2.33. The maximum absolute atomic E-state index is 13.6. The van der Waals surface area contributed by atoms with E-state index in [9.17, 15) is 35.9 Å². The minimum atomic E-state index is -3.93. The Kier molecular flexibility index (Phi) is 9.12. The van der Waals surface area contributed by atoms with Crippen LogP contribution in [-0.2, 0) is 10.0 Å². The molecule has 2 fully saturated rings. The maximum Gasteiger partial charge on any atom is 0.269 e. The van der Waals surface area contributed by atoms with Crippen molar-refractivity contribution in [2.45, 2.75) is 50.7 Å². The molecular formula is C27H33F4N5O4S. The highest BCUT2D eigenvalue weighted by Gasteiger charge is 2.34. The number of nitrogens with zero attached hydrogens (tertiary/aromatic N) is 3. The number of amides is 1. The minimum Gasteiger partial charge on any atom is -0.395 e. The van der Waals surface area contributed by atoms with Gasteiger partial charge >= 0.3 is 0 Å². The molecule has 1 atom stereocenters. The van der Waals surface area contributed by atoms with Crippen LogP contribution in [0.4, 0.5) is 40.6 Å². The van der Waals surface area contributed by atoms with Crippen molar-refractivity contribution in [3.05, 3.63) is 53.1 Å². The summed E-state index contributed by atoms with van der Waals surface area (Å²) in [5.74, 6) is -2.61. The lowest BCUT2D eigenvalue weighted by Crippen LogP contribution is -2.39. The number of benzene rings is 1. The summed E-state index contributed by atoms with van der Waals surface area (Å²) in [5, 5.41) is 10.9. The molecule has 224 valence electrons. The molecule has 3 N–H and O–H groups in total. The first kappa shape index (κ1) is 30.6. The van der Waals surface area contributed by atoms with Gasteiger partial charge in [0.25, 0.3) is 17.9 Å². The van der Waals surface area contributed by atoms with Gasteiger partial charge in [-0.1, -0.05) is 0 Å². The van der Waals surface area contributed by atoms with Gasteiger partial charge in [0.2, 0.25) is 10.0 Å². The maximum atomic E-state index is 13.6. The lowest BCUT2D eigenvalue weighted by molar-refractivity contribution is -0.0221. The summed E-state index contributed by atoms with van der Waals surface area (Å²) in [6, 6.07) is 7.68. The molecule has 2 aromatic rings. The number of rotatable bonds is 8. The van der Waals surface area contributed by atoms with Gasteiger partial charge in [0.05, 0.1) is 23.5 Å². The largest absolute Gasteiger partial charge is 0.395 e. The molecule has 0 spiro atoms. The Balaban J connectivity index is 1.62. The number of pyridine rings is 1. The zero-order valence-corrected chi connectivity index (χ0v) is 23.6. The number of aromatic nitrogens is 1. The van der Waals surface area contributed by atoms with Crippen LogP contribution in [0.25, 0.3) is 0 Å². The molecule has 41 heavy (non-hydrogen) atoms. The fourth-order valence-corrected chi connectivity index (χ4v) is 5.59. The van der Waals surface area contributed by atoms with Crippen molar-refractivity contribution in [2.75, 3.05) is 52.6 Å². The Bertz CT molecular complexity index is 1410.